The van der Waals surface area contributed by atoms with Gasteiger partial charge in [-0.05, 0) is 44.9 Å². The molecule has 4 atom stereocenters. The average molecular weight is 241 g/mol. The fourth-order valence-electron chi connectivity index (χ4n) is 3.24. The Morgan fingerprint density at radius 1 is 1.29 bits per heavy atom. The molecule has 2 aliphatic rings. The topological polar surface area (TPSA) is 75.6 Å². The van der Waals surface area contributed by atoms with Crippen LogP contribution in [0.3, 0.4) is 0 Å². The van der Waals surface area contributed by atoms with Gasteiger partial charge in [0, 0.05) is 6.04 Å². The lowest BCUT2D eigenvalue weighted by Gasteiger charge is -2.28. The summed E-state index contributed by atoms with van der Waals surface area (Å²) in [5, 5.41) is 11.9. The fraction of sp³-hybridized carbons (Fsp3) is 0.833. The number of carbonyl (C=O) groups is 2. The van der Waals surface area contributed by atoms with Gasteiger partial charge >= 0.3 is 12.1 Å². The van der Waals surface area contributed by atoms with Crippen molar-refractivity contribution >= 4 is 12.1 Å². The maximum Gasteiger partial charge on any atom is 0.407 e. The third-order valence-electron chi connectivity index (χ3n) is 3.83. The molecule has 0 saturated heterocycles. The van der Waals surface area contributed by atoms with E-state index in [0.717, 1.165) is 19.3 Å². The molecule has 2 bridgehead atoms. The lowest BCUT2D eigenvalue weighted by atomic mass is 9.84. The Balaban J connectivity index is 1.99. The summed E-state index contributed by atoms with van der Waals surface area (Å²) in [4.78, 5) is 22.7. The summed E-state index contributed by atoms with van der Waals surface area (Å²) in [6.45, 7) is 3.55. The van der Waals surface area contributed by atoms with Crippen molar-refractivity contribution in [2.45, 2.75) is 45.3 Å². The van der Waals surface area contributed by atoms with E-state index in [1.54, 1.807) is 13.8 Å². The van der Waals surface area contributed by atoms with E-state index >= 15 is 0 Å². The number of aliphatic carboxylic acids is 1. The lowest BCUT2D eigenvalue weighted by molar-refractivity contribution is -0.144. The fourth-order valence-corrected chi connectivity index (χ4v) is 3.24. The molecule has 2 saturated carbocycles. The van der Waals surface area contributed by atoms with Gasteiger partial charge < -0.3 is 15.2 Å². The number of hydrogen-bond donors (Lipinski definition) is 2. The quantitative estimate of drug-likeness (QED) is 0.787. The molecule has 5 nitrogen and oxygen atoms in total. The number of carboxylic acid groups (broad SMARTS) is 1. The molecule has 0 aromatic heterocycles. The first-order chi connectivity index (χ1) is 7.99. The van der Waals surface area contributed by atoms with Gasteiger partial charge in [0.25, 0.3) is 0 Å². The zero-order valence-electron chi connectivity index (χ0n) is 10.2. The molecule has 0 aromatic rings. The SMILES string of the molecule is CC(C)OC(=O)NC1C2CCC(C2)C1C(=O)O. The Kier molecular flexibility index (Phi) is 3.26. The molecule has 2 aliphatic carbocycles. The molecule has 2 rings (SSSR count). The molecule has 1 amide bonds. The van der Waals surface area contributed by atoms with E-state index in [9.17, 15) is 14.7 Å². The number of carbonyl (C=O) groups excluding carboxylic acids is 1. The summed E-state index contributed by atoms with van der Waals surface area (Å²) >= 11 is 0. The maximum absolute atomic E-state index is 11.5. The highest BCUT2D eigenvalue weighted by atomic mass is 16.6. The summed E-state index contributed by atoms with van der Waals surface area (Å²) in [7, 11) is 0. The minimum absolute atomic E-state index is 0.183. The first-order valence-corrected chi connectivity index (χ1v) is 6.19. The minimum atomic E-state index is -0.799. The molecule has 2 N–H and O–H groups in total. The standard InChI is InChI=1S/C12H19NO4/c1-6(2)17-12(16)13-10-8-4-3-7(5-8)9(10)11(14)15/h6-10H,3-5H2,1-2H3,(H,13,16)(H,14,15). The normalized spacial score (nSPS) is 35.0. The van der Waals surface area contributed by atoms with Crippen molar-refractivity contribution in [1.29, 1.82) is 0 Å². The van der Waals surface area contributed by atoms with Crippen molar-refractivity contribution in [3.05, 3.63) is 0 Å². The number of ether oxygens (including phenoxy) is 1. The summed E-state index contributed by atoms with van der Waals surface area (Å²) in [6.07, 6.45) is 2.23. The van der Waals surface area contributed by atoms with Crippen molar-refractivity contribution < 1.29 is 19.4 Å². The molecule has 0 aromatic carbocycles. The van der Waals surface area contributed by atoms with E-state index in [1.165, 1.54) is 0 Å². The average Bonchev–Trinajstić information content (AvgIpc) is 2.75. The van der Waals surface area contributed by atoms with Crippen LogP contribution < -0.4 is 5.32 Å². The van der Waals surface area contributed by atoms with Crippen LogP contribution in [-0.4, -0.2) is 29.3 Å². The van der Waals surface area contributed by atoms with Crippen LogP contribution in [0.5, 0.6) is 0 Å². The molecule has 0 radical (unpaired) electrons. The summed E-state index contributed by atoms with van der Waals surface area (Å²) in [5.74, 6) is -0.705. The predicted octanol–water partition coefficient (Wildman–Crippen LogP) is 1.62. The van der Waals surface area contributed by atoms with Gasteiger partial charge in [-0.25, -0.2) is 4.79 Å². The van der Waals surface area contributed by atoms with Crippen LogP contribution in [0, 0.1) is 17.8 Å². The Hall–Kier alpha value is -1.26. The van der Waals surface area contributed by atoms with Crippen molar-refractivity contribution in [2.75, 3.05) is 0 Å². The number of hydrogen-bond acceptors (Lipinski definition) is 3. The number of fused-ring (bicyclic) bond motifs is 2. The summed E-state index contributed by atoms with van der Waals surface area (Å²) in [6, 6.07) is -0.252. The highest BCUT2D eigenvalue weighted by Gasteiger charge is 2.51. The van der Waals surface area contributed by atoms with Crippen LogP contribution in [-0.2, 0) is 9.53 Å². The Morgan fingerprint density at radius 2 is 1.94 bits per heavy atom. The van der Waals surface area contributed by atoms with Gasteiger partial charge in [0.05, 0.1) is 12.0 Å². The number of amides is 1. The molecule has 2 fully saturated rings. The van der Waals surface area contributed by atoms with E-state index in [0.29, 0.717) is 5.92 Å². The zero-order valence-corrected chi connectivity index (χ0v) is 10.2. The second-order valence-corrected chi connectivity index (χ2v) is 5.32. The van der Waals surface area contributed by atoms with Crippen molar-refractivity contribution in [3.63, 3.8) is 0 Å². The first kappa shape index (κ1) is 12.2. The molecule has 0 heterocycles. The van der Waals surface area contributed by atoms with E-state index in [4.69, 9.17) is 4.74 Å². The van der Waals surface area contributed by atoms with Gasteiger partial charge in [0.15, 0.2) is 0 Å². The van der Waals surface area contributed by atoms with E-state index in [1.807, 2.05) is 0 Å². The van der Waals surface area contributed by atoms with Gasteiger partial charge in [0.1, 0.15) is 0 Å². The molecule has 4 unspecified atom stereocenters. The van der Waals surface area contributed by atoms with Gasteiger partial charge in [0.2, 0.25) is 0 Å². The summed E-state index contributed by atoms with van der Waals surface area (Å²) in [5.41, 5.74) is 0. The Bertz CT molecular complexity index is 328. The molecular weight excluding hydrogens is 222 g/mol. The smallest absolute Gasteiger partial charge is 0.407 e. The summed E-state index contributed by atoms with van der Waals surface area (Å²) < 4.78 is 5.00. The molecule has 96 valence electrons. The number of nitrogens with one attached hydrogen (secondary N) is 1. The Morgan fingerprint density at radius 3 is 2.53 bits per heavy atom. The van der Waals surface area contributed by atoms with Crippen molar-refractivity contribution in [3.8, 4) is 0 Å². The highest BCUT2D eigenvalue weighted by Crippen LogP contribution is 2.48. The monoisotopic (exact) mass is 241 g/mol. The largest absolute Gasteiger partial charge is 0.481 e. The third-order valence-corrected chi connectivity index (χ3v) is 3.83. The third kappa shape index (κ3) is 2.37. The van der Waals surface area contributed by atoms with Crippen LogP contribution in [0.1, 0.15) is 33.1 Å². The van der Waals surface area contributed by atoms with Crippen molar-refractivity contribution in [2.24, 2.45) is 17.8 Å². The maximum atomic E-state index is 11.5. The van der Waals surface area contributed by atoms with Crippen LogP contribution in [0.4, 0.5) is 4.79 Å². The Labute approximate surface area is 101 Å². The van der Waals surface area contributed by atoms with E-state index in [2.05, 4.69) is 5.32 Å². The van der Waals surface area contributed by atoms with Gasteiger partial charge in [-0.2, -0.15) is 0 Å². The number of carboxylic acids is 1. The van der Waals surface area contributed by atoms with Crippen LogP contribution in [0.25, 0.3) is 0 Å². The molecule has 0 aliphatic heterocycles. The predicted molar refractivity (Wildman–Crippen MR) is 60.5 cm³/mol. The highest BCUT2D eigenvalue weighted by molar-refractivity contribution is 5.75. The molecular formula is C12H19NO4. The van der Waals surface area contributed by atoms with Crippen LogP contribution in [0.2, 0.25) is 0 Å². The number of alkyl carbamates (subject to hydrolysis) is 1. The van der Waals surface area contributed by atoms with Gasteiger partial charge in [-0.1, -0.05) is 0 Å². The second-order valence-electron chi connectivity index (χ2n) is 5.32. The van der Waals surface area contributed by atoms with Crippen LogP contribution in [0.15, 0.2) is 0 Å². The zero-order chi connectivity index (χ0) is 12.6. The van der Waals surface area contributed by atoms with E-state index in [-0.39, 0.29) is 18.1 Å². The second kappa shape index (κ2) is 4.55. The van der Waals surface area contributed by atoms with Crippen molar-refractivity contribution in [1.82, 2.24) is 5.32 Å². The molecule has 5 heteroatoms. The van der Waals surface area contributed by atoms with E-state index < -0.39 is 18.0 Å². The molecule has 17 heavy (non-hydrogen) atoms. The van der Waals surface area contributed by atoms with Gasteiger partial charge in [-0.3, -0.25) is 4.79 Å². The first-order valence-electron chi connectivity index (χ1n) is 6.19. The minimum Gasteiger partial charge on any atom is -0.481 e. The number of rotatable bonds is 3. The van der Waals surface area contributed by atoms with Crippen LogP contribution >= 0.6 is 0 Å². The molecule has 0 spiro atoms. The lowest BCUT2D eigenvalue weighted by Crippen LogP contribution is -2.47. The van der Waals surface area contributed by atoms with Gasteiger partial charge in [-0.15, -0.1) is 0 Å².